The second-order valence-electron chi connectivity index (χ2n) is 6.11. The van der Waals surface area contributed by atoms with Crippen molar-refractivity contribution in [3.05, 3.63) is 29.6 Å². The Morgan fingerprint density at radius 3 is 2.68 bits per heavy atom. The lowest BCUT2D eigenvalue weighted by atomic mass is 10.1. The number of hydrogen-bond donors (Lipinski definition) is 2. The van der Waals surface area contributed by atoms with E-state index in [2.05, 4.69) is 15.5 Å². The number of rotatable bonds is 10. The molecule has 152 valence electrons. The van der Waals surface area contributed by atoms with Crippen molar-refractivity contribution < 1.29 is 19.1 Å². The fraction of sp³-hybridized carbons (Fsp3) is 0.444. The Bertz CT molecular complexity index is 839. The fourth-order valence-electron chi connectivity index (χ4n) is 2.59. The molecule has 10 heteroatoms. The van der Waals surface area contributed by atoms with Crippen LogP contribution in [0.15, 0.2) is 23.4 Å². The number of amides is 2. The van der Waals surface area contributed by atoms with Crippen molar-refractivity contribution in [1.82, 2.24) is 20.1 Å². The van der Waals surface area contributed by atoms with Crippen molar-refractivity contribution >= 4 is 23.6 Å². The van der Waals surface area contributed by atoms with Crippen LogP contribution in [0.5, 0.6) is 11.5 Å². The first-order valence-electron chi connectivity index (χ1n) is 8.66. The van der Waals surface area contributed by atoms with Gasteiger partial charge in [0.2, 0.25) is 11.8 Å². The van der Waals surface area contributed by atoms with Crippen molar-refractivity contribution in [2.24, 2.45) is 12.8 Å². The molecule has 0 saturated carbocycles. The molecule has 1 aromatic heterocycles. The number of carbonyl (C=O) groups is 2. The second-order valence-corrected chi connectivity index (χ2v) is 7.05. The maximum Gasteiger partial charge on any atom is 0.230 e. The molecule has 0 spiro atoms. The summed E-state index contributed by atoms with van der Waals surface area (Å²) < 4.78 is 12.4. The van der Waals surface area contributed by atoms with Gasteiger partial charge in [-0.05, 0) is 25.1 Å². The van der Waals surface area contributed by atoms with E-state index in [1.807, 2.05) is 13.0 Å². The van der Waals surface area contributed by atoms with Crippen LogP contribution in [0.2, 0.25) is 0 Å². The van der Waals surface area contributed by atoms with E-state index in [4.69, 9.17) is 15.2 Å². The summed E-state index contributed by atoms with van der Waals surface area (Å²) in [5.74, 6) is 1.65. The van der Waals surface area contributed by atoms with Crippen molar-refractivity contribution in [1.29, 1.82) is 0 Å². The standard InChI is InChI=1S/C18H25N5O4S/c1-11(13-9-12(26-3)5-6-14(13)27-4)20-17(25)10-28-18-22-21-16(23(18)2)8-7-15(19)24/h5-6,9,11H,7-8,10H2,1-4H3,(H2,19,24)(H,20,25)/t11-/m1/s1. The lowest BCUT2D eigenvalue weighted by Gasteiger charge is -2.18. The van der Waals surface area contributed by atoms with Crippen LogP contribution in [-0.4, -0.2) is 46.6 Å². The van der Waals surface area contributed by atoms with Gasteiger partial charge in [-0.2, -0.15) is 0 Å². The number of methoxy groups -OCH3 is 2. The van der Waals surface area contributed by atoms with Crippen LogP contribution < -0.4 is 20.5 Å². The Morgan fingerprint density at radius 2 is 2.04 bits per heavy atom. The van der Waals surface area contributed by atoms with Crippen LogP contribution in [0.1, 0.15) is 30.8 Å². The SMILES string of the molecule is COc1ccc(OC)c([C@@H](C)NC(=O)CSc2nnc(CCC(N)=O)n2C)c1. The van der Waals surface area contributed by atoms with Gasteiger partial charge in [-0.25, -0.2) is 0 Å². The molecule has 1 heterocycles. The van der Waals surface area contributed by atoms with Gasteiger partial charge in [-0.15, -0.1) is 10.2 Å². The zero-order valence-electron chi connectivity index (χ0n) is 16.4. The Kier molecular flexibility index (Phi) is 7.68. The van der Waals surface area contributed by atoms with Crippen molar-refractivity contribution in [2.45, 2.75) is 31.0 Å². The normalized spacial score (nSPS) is 11.7. The average Bonchev–Trinajstić information content (AvgIpc) is 3.03. The molecule has 3 N–H and O–H groups in total. The Hall–Kier alpha value is -2.75. The van der Waals surface area contributed by atoms with Crippen molar-refractivity contribution in [3.63, 3.8) is 0 Å². The van der Waals surface area contributed by atoms with E-state index in [1.54, 1.807) is 38.0 Å². The predicted molar refractivity (Wildman–Crippen MR) is 105 cm³/mol. The number of benzene rings is 1. The lowest BCUT2D eigenvalue weighted by Crippen LogP contribution is -2.28. The first-order valence-corrected chi connectivity index (χ1v) is 9.65. The maximum absolute atomic E-state index is 12.4. The fourth-order valence-corrected chi connectivity index (χ4v) is 3.33. The molecule has 2 rings (SSSR count). The topological polar surface area (TPSA) is 121 Å². The van der Waals surface area contributed by atoms with E-state index in [1.165, 1.54) is 11.8 Å². The van der Waals surface area contributed by atoms with Crippen LogP contribution in [0, 0.1) is 0 Å². The van der Waals surface area contributed by atoms with Crippen LogP contribution in [0.25, 0.3) is 0 Å². The quantitative estimate of drug-likeness (QED) is 0.568. The number of nitrogens with one attached hydrogen (secondary N) is 1. The second kappa shape index (κ2) is 9.98. The van der Waals surface area contributed by atoms with Gasteiger partial charge in [-0.3, -0.25) is 9.59 Å². The number of hydrogen-bond acceptors (Lipinski definition) is 7. The summed E-state index contributed by atoms with van der Waals surface area (Å²) in [5, 5.41) is 11.6. The Morgan fingerprint density at radius 1 is 1.29 bits per heavy atom. The molecule has 1 aromatic carbocycles. The van der Waals surface area contributed by atoms with Crippen molar-refractivity contribution in [3.8, 4) is 11.5 Å². The highest BCUT2D eigenvalue weighted by Crippen LogP contribution is 2.29. The van der Waals surface area contributed by atoms with E-state index >= 15 is 0 Å². The number of primary amides is 1. The molecule has 0 bridgehead atoms. The van der Waals surface area contributed by atoms with Crippen LogP contribution in [0.4, 0.5) is 0 Å². The number of nitrogens with two attached hydrogens (primary N) is 1. The summed E-state index contributed by atoms with van der Waals surface area (Å²) >= 11 is 1.27. The van der Waals surface area contributed by atoms with Gasteiger partial charge in [0.1, 0.15) is 17.3 Å². The number of thioether (sulfide) groups is 1. The van der Waals surface area contributed by atoms with Crippen LogP contribution >= 0.6 is 11.8 Å². The smallest absolute Gasteiger partial charge is 0.230 e. The predicted octanol–water partition coefficient (Wildman–Crippen LogP) is 1.22. The molecule has 0 radical (unpaired) electrons. The number of ether oxygens (including phenoxy) is 2. The van der Waals surface area contributed by atoms with Crippen LogP contribution in [-0.2, 0) is 23.1 Å². The first-order chi connectivity index (χ1) is 13.3. The van der Waals surface area contributed by atoms with Gasteiger partial charge in [0.25, 0.3) is 0 Å². The summed E-state index contributed by atoms with van der Waals surface area (Å²) in [4.78, 5) is 23.3. The van der Waals surface area contributed by atoms with Gasteiger partial charge in [0, 0.05) is 25.5 Å². The molecule has 2 amide bonds. The number of aryl methyl sites for hydroxylation is 1. The zero-order valence-corrected chi connectivity index (χ0v) is 17.2. The van der Waals surface area contributed by atoms with Gasteiger partial charge >= 0.3 is 0 Å². The van der Waals surface area contributed by atoms with E-state index in [-0.39, 0.29) is 24.1 Å². The van der Waals surface area contributed by atoms with Crippen LogP contribution in [0.3, 0.4) is 0 Å². The molecule has 1 atom stereocenters. The van der Waals surface area contributed by atoms with Gasteiger partial charge in [-0.1, -0.05) is 11.8 Å². The molecule has 0 aliphatic carbocycles. The summed E-state index contributed by atoms with van der Waals surface area (Å²) in [7, 11) is 4.96. The summed E-state index contributed by atoms with van der Waals surface area (Å²) in [6, 6.07) is 5.18. The monoisotopic (exact) mass is 407 g/mol. The summed E-state index contributed by atoms with van der Waals surface area (Å²) in [6.07, 6.45) is 0.620. The molecule has 0 fully saturated rings. The average molecular weight is 407 g/mol. The largest absolute Gasteiger partial charge is 0.497 e. The molecule has 28 heavy (non-hydrogen) atoms. The molecular formula is C18H25N5O4S. The third-order valence-electron chi connectivity index (χ3n) is 4.13. The van der Waals surface area contributed by atoms with E-state index in [0.29, 0.717) is 28.9 Å². The number of carbonyl (C=O) groups excluding carboxylic acids is 2. The zero-order chi connectivity index (χ0) is 20.7. The lowest BCUT2D eigenvalue weighted by molar-refractivity contribution is -0.119. The highest BCUT2D eigenvalue weighted by molar-refractivity contribution is 7.99. The van der Waals surface area contributed by atoms with Crippen molar-refractivity contribution in [2.75, 3.05) is 20.0 Å². The molecule has 9 nitrogen and oxygen atoms in total. The van der Waals surface area contributed by atoms with E-state index < -0.39 is 5.91 Å². The number of aromatic nitrogens is 3. The molecule has 0 aliphatic rings. The molecular weight excluding hydrogens is 382 g/mol. The van der Waals surface area contributed by atoms with E-state index in [9.17, 15) is 9.59 Å². The van der Waals surface area contributed by atoms with Gasteiger partial charge in [0.05, 0.1) is 26.0 Å². The molecule has 2 aromatic rings. The maximum atomic E-state index is 12.4. The number of nitrogens with zero attached hydrogens (tertiary/aromatic N) is 3. The van der Waals surface area contributed by atoms with Gasteiger partial charge in [0.15, 0.2) is 5.16 Å². The minimum atomic E-state index is -0.390. The summed E-state index contributed by atoms with van der Waals surface area (Å²) in [5.41, 5.74) is 5.98. The highest BCUT2D eigenvalue weighted by Gasteiger charge is 2.17. The van der Waals surface area contributed by atoms with E-state index in [0.717, 1.165) is 5.56 Å². The minimum Gasteiger partial charge on any atom is -0.497 e. The molecule has 0 aliphatic heterocycles. The third-order valence-corrected chi connectivity index (χ3v) is 5.15. The minimum absolute atomic E-state index is 0.149. The van der Waals surface area contributed by atoms with Gasteiger partial charge < -0.3 is 25.1 Å². The third kappa shape index (κ3) is 5.62. The first kappa shape index (κ1) is 21.5. The Labute approximate surface area is 168 Å². The highest BCUT2D eigenvalue weighted by atomic mass is 32.2. The summed E-state index contributed by atoms with van der Waals surface area (Å²) in [6.45, 7) is 1.88. The molecule has 0 unspecified atom stereocenters. The molecule has 0 saturated heterocycles. The Balaban J connectivity index is 1.95.